The number of hydrogen-bond acceptors (Lipinski definition) is 3. The molecule has 1 atom stereocenters. The van der Waals surface area contributed by atoms with E-state index in [2.05, 4.69) is 12.2 Å². The molecule has 0 bridgehead atoms. The molecule has 0 aromatic carbocycles. The van der Waals surface area contributed by atoms with E-state index in [1.807, 2.05) is 0 Å². The zero-order chi connectivity index (χ0) is 16.8. The van der Waals surface area contributed by atoms with E-state index in [0.717, 1.165) is 12.8 Å². The molecule has 7 heteroatoms. The summed E-state index contributed by atoms with van der Waals surface area (Å²) in [5.41, 5.74) is 0. The van der Waals surface area contributed by atoms with E-state index in [0.29, 0.717) is 6.42 Å². The predicted octanol–water partition coefficient (Wildman–Crippen LogP) is 2.57. The molecule has 23 heavy (non-hydrogen) atoms. The first-order chi connectivity index (χ1) is 10.5. The van der Waals surface area contributed by atoms with Crippen LogP contribution in [0.3, 0.4) is 0 Å². The molecule has 3 N–H and O–H groups in total. The number of amides is 1. The molecule has 0 rings (SSSR count). The molecule has 0 fully saturated rings. The van der Waals surface area contributed by atoms with Crippen LogP contribution < -0.4 is 5.32 Å². The molecule has 0 aliphatic rings. The van der Waals surface area contributed by atoms with Crippen LogP contribution in [-0.4, -0.2) is 85.5 Å². The van der Waals surface area contributed by atoms with Crippen LogP contribution in [0.4, 0.5) is 0 Å². The van der Waals surface area contributed by atoms with Gasteiger partial charge in [-0.05, 0) is 6.42 Å². The van der Waals surface area contributed by atoms with Crippen LogP contribution in [0.5, 0.6) is 0 Å². The largest absolute Gasteiger partial charge is 0.481 e. The SMILES string of the molecule is CCCCCCCCCCCC(=O)N[C@@H](CC(=O)O)C(=O)O.[K]. The van der Waals surface area contributed by atoms with Gasteiger partial charge in [-0.3, -0.25) is 9.59 Å². The van der Waals surface area contributed by atoms with Gasteiger partial charge in [0.1, 0.15) is 6.04 Å². The Balaban J connectivity index is 0. The molecular weight excluding hydrogens is 325 g/mol. The molecule has 0 saturated heterocycles. The van der Waals surface area contributed by atoms with E-state index in [9.17, 15) is 14.4 Å². The number of rotatable bonds is 14. The van der Waals surface area contributed by atoms with Crippen molar-refractivity contribution in [3.8, 4) is 0 Å². The van der Waals surface area contributed by atoms with Crippen molar-refractivity contribution in [1.29, 1.82) is 0 Å². The third-order valence-corrected chi connectivity index (χ3v) is 3.52. The van der Waals surface area contributed by atoms with Crippen molar-refractivity contribution in [2.24, 2.45) is 0 Å². The summed E-state index contributed by atoms with van der Waals surface area (Å²) >= 11 is 0. The Morgan fingerprint density at radius 3 is 1.78 bits per heavy atom. The molecule has 0 aromatic heterocycles. The van der Waals surface area contributed by atoms with Crippen molar-refractivity contribution in [2.75, 3.05) is 0 Å². The molecule has 0 unspecified atom stereocenters. The predicted molar refractivity (Wildman–Crippen MR) is 89.4 cm³/mol. The van der Waals surface area contributed by atoms with Gasteiger partial charge in [0.05, 0.1) is 6.42 Å². The van der Waals surface area contributed by atoms with Gasteiger partial charge in [-0.1, -0.05) is 58.3 Å². The average Bonchev–Trinajstić information content (AvgIpc) is 2.44. The van der Waals surface area contributed by atoms with Gasteiger partial charge in [-0.2, -0.15) is 0 Å². The number of carbonyl (C=O) groups excluding carboxylic acids is 1. The van der Waals surface area contributed by atoms with Crippen LogP contribution in [0.1, 0.15) is 77.6 Å². The first kappa shape index (κ1) is 25.3. The van der Waals surface area contributed by atoms with Gasteiger partial charge in [0.25, 0.3) is 0 Å². The fourth-order valence-electron chi connectivity index (χ4n) is 2.24. The Morgan fingerprint density at radius 2 is 1.35 bits per heavy atom. The molecule has 0 saturated carbocycles. The molecule has 0 aliphatic carbocycles. The summed E-state index contributed by atoms with van der Waals surface area (Å²) in [5, 5.41) is 19.7. The first-order valence-corrected chi connectivity index (χ1v) is 8.21. The zero-order valence-corrected chi connectivity index (χ0v) is 17.6. The maximum atomic E-state index is 11.6. The molecule has 1 amide bonds. The summed E-state index contributed by atoms with van der Waals surface area (Å²) in [4.78, 5) is 32.9. The maximum absolute atomic E-state index is 11.6. The minimum Gasteiger partial charge on any atom is -0.481 e. The van der Waals surface area contributed by atoms with Crippen molar-refractivity contribution < 1.29 is 24.6 Å². The van der Waals surface area contributed by atoms with Crippen molar-refractivity contribution in [3.05, 3.63) is 0 Å². The van der Waals surface area contributed by atoms with Gasteiger partial charge in [0.15, 0.2) is 0 Å². The van der Waals surface area contributed by atoms with Gasteiger partial charge >= 0.3 is 11.9 Å². The van der Waals surface area contributed by atoms with Crippen LogP contribution in [0, 0.1) is 0 Å². The Kier molecular flexibility index (Phi) is 18.6. The Morgan fingerprint density at radius 1 is 0.870 bits per heavy atom. The van der Waals surface area contributed by atoms with Gasteiger partial charge in [-0.25, -0.2) is 4.79 Å². The van der Waals surface area contributed by atoms with Crippen molar-refractivity contribution in [1.82, 2.24) is 5.32 Å². The quantitative estimate of drug-likeness (QED) is 0.328. The molecule has 1 radical (unpaired) electrons. The number of carbonyl (C=O) groups is 3. The monoisotopic (exact) mass is 354 g/mol. The van der Waals surface area contributed by atoms with Crippen LogP contribution in [-0.2, 0) is 14.4 Å². The van der Waals surface area contributed by atoms with Crippen LogP contribution in [0.2, 0.25) is 0 Å². The molecule has 129 valence electrons. The van der Waals surface area contributed by atoms with Gasteiger partial charge in [-0.15, -0.1) is 0 Å². The smallest absolute Gasteiger partial charge is 0.326 e. The van der Waals surface area contributed by atoms with Crippen molar-refractivity contribution >= 4 is 69.2 Å². The molecule has 0 spiro atoms. The average molecular weight is 355 g/mol. The van der Waals surface area contributed by atoms with E-state index in [-0.39, 0.29) is 57.8 Å². The standard InChI is InChI=1S/C16H29NO5.K/c1-2-3-4-5-6-7-8-9-10-11-14(18)17-13(16(21)22)12-15(19)20;/h13H,2-12H2,1H3,(H,17,18)(H,19,20)(H,21,22);/t13-;/m0./s1. The van der Waals surface area contributed by atoms with Gasteiger partial charge in [0, 0.05) is 57.8 Å². The number of carboxylic acid groups (broad SMARTS) is 2. The molecule has 0 aliphatic heterocycles. The van der Waals surface area contributed by atoms with Gasteiger partial charge < -0.3 is 15.5 Å². The summed E-state index contributed by atoms with van der Waals surface area (Å²) in [6.45, 7) is 2.19. The number of nitrogens with one attached hydrogen (secondary N) is 1. The fourth-order valence-corrected chi connectivity index (χ4v) is 2.24. The number of aliphatic carboxylic acids is 2. The van der Waals surface area contributed by atoms with Crippen molar-refractivity contribution in [3.63, 3.8) is 0 Å². The molecule has 6 nitrogen and oxygen atoms in total. The second kappa shape index (κ2) is 16.9. The third kappa shape index (κ3) is 16.7. The summed E-state index contributed by atoms with van der Waals surface area (Å²) in [5.74, 6) is -2.95. The van der Waals surface area contributed by atoms with E-state index < -0.39 is 30.3 Å². The normalized spacial score (nSPS) is 11.3. The molecule has 0 aromatic rings. The molecule has 0 heterocycles. The van der Waals surface area contributed by atoms with E-state index in [1.54, 1.807) is 0 Å². The van der Waals surface area contributed by atoms with Crippen LogP contribution >= 0.6 is 0 Å². The minimum atomic E-state index is -1.34. The van der Waals surface area contributed by atoms with E-state index >= 15 is 0 Å². The summed E-state index contributed by atoms with van der Waals surface area (Å²) in [6.07, 6.45) is 9.87. The maximum Gasteiger partial charge on any atom is 0.326 e. The summed E-state index contributed by atoms with van der Waals surface area (Å²) in [7, 11) is 0. The second-order valence-electron chi connectivity index (χ2n) is 5.63. The first-order valence-electron chi connectivity index (χ1n) is 8.21. The van der Waals surface area contributed by atoms with Crippen molar-refractivity contribution in [2.45, 2.75) is 83.6 Å². The number of unbranched alkanes of at least 4 members (excludes halogenated alkanes) is 8. The van der Waals surface area contributed by atoms with Gasteiger partial charge in [0.2, 0.25) is 5.91 Å². The summed E-state index contributed by atoms with van der Waals surface area (Å²) < 4.78 is 0. The van der Waals surface area contributed by atoms with Crippen LogP contribution in [0.25, 0.3) is 0 Å². The molecular formula is C16H29KNO5. The second-order valence-corrected chi connectivity index (χ2v) is 5.63. The van der Waals surface area contributed by atoms with E-state index in [1.165, 1.54) is 38.5 Å². The Hall–Kier alpha value is 0.0464. The van der Waals surface area contributed by atoms with Crippen LogP contribution in [0.15, 0.2) is 0 Å². The van der Waals surface area contributed by atoms with E-state index in [4.69, 9.17) is 10.2 Å². The number of carboxylic acids is 2. The topological polar surface area (TPSA) is 104 Å². The third-order valence-electron chi connectivity index (χ3n) is 3.52. The fraction of sp³-hybridized carbons (Fsp3) is 0.812. The zero-order valence-electron chi connectivity index (χ0n) is 14.5. The summed E-state index contributed by atoms with van der Waals surface area (Å²) in [6, 6.07) is -1.34. The number of hydrogen-bond donors (Lipinski definition) is 3. The Labute approximate surface area is 181 Å². The Bertz CT molecular complexity index is 349. The minimum absolute atomic E-state index is 0.